The van der Waals surface area contributed by atoms with Crippen LogP contribution in [0.1, 0.15) is 78.9 Å². The fourth-order valence-corrected chi connectivity index (χ4v) is 5.47. The number of hydrogen-bond acceptors (Lipinski definition) is 6. The third-order valence-corrected chi connectivity index (χ3v) is 7.50. The number of aliphatic hydroxyl groups excluding tert-OH is 1. The summed E-state index contributed by atoms with van der Waals surface area (Å²) in [5.74, 6) is 0. The highest BCUT2D eigenvalue weighted by Crippen LogP contribution is 2.22. The van der Waals surface area contributed by atoms with Crippen molar-refractivity contribution in [3.63, 3.8) is 0 Å². The van der Waals surface area contributed by atoms with Gasteiger partial charge >= 0.3 is 8.80 Å². The first-order valence-corrected chi connectivity index (χ1v) is 13.2. The van der Waals surface area contributed by atoms with Gasteiger partial charge in [0.25, 0.3) is 0 Å². The van der Waals surface area contributed by atoms with E-state index in [4.69, 9.17) is 18.0 Å². The number of unbranched alkanes of at least 4 members (excludes halogenated alkanes) is 3. The van der Waals surface area contributed by atoms with E-state index >= 15 is 0 Å². The maximum atomic E-state index is 10.0. The molecule has 1 aromatic heterocycles. The lowest BCUT2D eigenvalue weighted by atomic mass is 10.3. The minimum Gasteiger partial charge on any atom is -0.389 e. The molecular weight excluding hydrogens is 388 g/mol. The standard InChI is InChI=1S/C21H42N2O5Si/c1-5-8-15-26-29(27-16-9-6-2,28-17-10-7-3)18-11-14-25-21(20(4)24)23-13-12-22-19-23/h12-13,19-21,24H,5-11,14-18H2,1-4H3. The van der Waals surface area contributed by atoms with Crippen molar-refractivity contribution in [2.24, 2.45) is 0 Å². The number of aromatic nitrogens is 2. The van der Waals surface area contributed by atoms with Crippen molar-refractivity contribution in [3.05, 3.63) is 18.7 Å². The Balaban J connectivity index is 2.65. The summed E-state index contributed by atoms with van der Waals surface area (Å²) in [4.78, 5) is 4.04. The second-order valence-electron chi connectivity index (χ2n) is 7.40. The fraction of sp³-hybridized carbons (Fsp3) is 0.857. The van der Waals surface area contributed by atoms with Crippen molar-refractivity contribution in [2.45, 2.75) is 91.0 Å². The Morgan fingerprint density at radius 2 is 1.45 bits per heavy atom. The predicted molar refractivity (Wildman–Crippen MR) is 117 cm³/mol. The highest BCUT2D eigenvalue weighted by atomic mass is 28.4. The summed E-state index contributed by atoms with van der Waals surface area (Å²) in [5, 5.41) is 10.0. The zero-order chi connectivity index (χ0) is 21.4. The molecule has 8 heteroatoms. The van der Waals surface area contributed by atoms with Gasteiger partial charge in [-0.2, -0.15) is 0 Å². The average Bonchev–Trinajstić information content (AvgIpc) is 3.22. The van der Waals surface area contributed by atoms with Crippen molar-refractivity contribution in [1.29, 1.82) is 0 Å². The molecule has 0 radical (unpaired) electrons. The van der Waals surface area contributed by atoms with Gasteiger partial charge in [0.1, 0.15) is 0 Å². The zero-order valence-corrected chi connectivity index (χ0v) is 19.8. The Morgan fingerprint density at radius 1 is 0.897 bits per heavy atom. The molecule has 0 aromatic carbocycles. The van der Waals surface area contributed by atoms with Crippen LogP contribution < -0.4 is 0 Å². The van der Waals surface area contributed by atoms with Crippen molar-refractivity contribution in [1.82, 2.24) is 9.55 Å². The molecule has 0 spiro atoms. The first-order chi connectivity index (χ1) is 14.1. The molecule has 29 heavy (non-hydrogen) atoms. The summed E-state index contributed by atoms with van der Waals surface area (Å²) in [5.41, 5.74) is 0. The molecule has 7 nitrogen and oxygen atoms in total. The van der Waals surface area contributed by atoms with E-state index in [9.17, 15) is 5.11 Å². The molecule has 1 heterocycles. The van der Waals surface area contributed by atoms with Crippen LogP contribution in [0, 0.1) is 0 Å². The molecule has 0 saturated carbocycles. The molecule has 0 aliphatic rings. The van der Waals surface area contributed by atoms with Crippen LogP contribution in [-0.4, -0.2) is 56.0 Å². The Kier molecular flexibility index (Phi) is 14.5. The molecule has 2 atom stereocenters. The van der Waals surface area contributed by atoms with E-state index < -0.39 is 21.1 Å². The SMILES string of the molecule is CCCCO[Si](CCCOC(C(C)O)n1ccnc1)(OCCCC)OCCCC. The number of rotatable bonds is 19. The second kappa shape index (κ2) is 16.0. The van der Waals surface area contributed by atoms with Gasteiger partial charge in [-0.15, -0.1) is 0 Å². The number of ether oxygens (including phenoxy) is 1. The Morgan fingerprint density at radius 3 is 1.86 bits per heavy atom. The summed E-state index contributed by atoms with van der Waals surface area (Å²) in [6.07, 6.45) is 11.1. The third-order valence-electron chi connectivity index (χ3n) is 4.61. The minimum atomic E-state index is -2.73. The maximum absolute atomic E-state index is 10.0. The van der Waals surface area contributed by atoms with E-state index in [0.29, 0.717) is 26.4 Å². The topological polar surface area (TPSA) is 75.0 Å². The summed E-state index contributed by atoms with van der Waals surface area (Å²) < 4.78 is 26.5. The summed E-state index contributed by atoms with van der Waals surface area (Å²) in [6.45, 7) is 10.7. The van der Waals surface area contributed by atoms with Crippen molar-refractivity contribution < 1.29 is 23.1 Å². The normalized spacial score (nSPS) is 14.2. The van der Waals surface area contributed by atoms with Gasteiger partial charge in [0.2, 0.25) is 0 Å². The number of imidazole rings is 1. The Hall–Kier alpha value is -0.773. The monoisotopic (exact) mass is 430 g/mol. The van der Waals surface area contributed by atoms with Gasteiger partial charge in [0, 0.05) is 44.9 Å². The number of nitrogens with zero attached hydrogens (tertiary/aromatic N) is 2. The van der Waals surface area contributed by atoms with E-state index in [2.05, 4.69) is 25.8 Å². The first kappa shape index (κ1) is 26.3. The second-order valence-corrected chi connectivity index (χ2v) is 10.1. The van der Waals surface area contributed by atoms with Crippen LogP contribution in [0.4, 0.5) is 0 Å². The highest BCUT2D eigenvalue weighted by Gasteiger charge is 2.40. The van der Waals surface area contributed by atoms with Crippen molar-refractivity contribution >= 4 is 8.80 Å². The lowest BCUT2D eigenvalue weighted by Gasteiger charge is -2.30. The molecule has 0 aliphatic heterocycles. The van der Waals surface area contributed by atoms with Gasteiger partial charge in [-0.1, -0.05) is 40.0 Å². The van der Waals surface area contributed by atoms with Gasteiger partial charge in [0.15, 0.2) is 6.23 Å². The Labute approximate surface area is 178 Å². The molecule has 2 unspecified atom stereocenters. The maximum Gasteiger partial charge on any atom is 0.501 e. The predicted octanol–water partition coefficient (Wildman–Crippen LogP) is 4.56. The molecule has 1 N–H and O–H groups in total. The largest absolute Gasteiger partial charge is 0.501 e. The average molecular weight is 431 g/mol. The lowest BCUT2D eigenvalue weighted by molar-refractivity contribution is -0.0750. The van der Waals surface area contributed by atoms with Gasteiger partial charge in [0.05, 0.1) is 12.4 Å². The van der Waals surface area contributed by atoms with Gasteiger partial charge in [-0.05, 0) is 32.6 Å². The van der Waals surface area contributed by atoms with Crippen LogP contribution in [0.15, 0.2) is 18.7 Å². The molecule has 0 aliphatic carbocycles. The van der Waals surface area contributed by atoms with Crippen LogP contribution in [0.5, 0.6) is 0 Å². The van der Waals surface area contributed by atoms with Gasteiger partial charge in [-0.3, -0.25) is 0 Å². The van der Waals surface area contributed by atoms with Crippen LogP contribution in [0.3, 0.4) is 0 Å². The molecule has 170 valence electrons. The van der Waals surface area contributed by atoms with Crippen LogP contribution in [0.25, 0.3) is 0 Å². The lowest BCUT2D eigenvalue weighted by Crippen LogP contribution is -2.47. The molecule has 0 amide bonds. The first-order valence-electron chi connectivity index (χ1n) is 11.3. The quantitative estimate of drug-likeness (QED) is 0.256. The highest BCUT2D eigenvalue weighted by molar-refractivity contribution is 6.60. The van der Waals surface area contributed by atoms with Crippen molar-refractivity contribution in [3.8, 4) is 0 Å². The van der Waals surface area contributed by atoms with E-state index in [1.54, 1.807) is 30.2 Å². The third kappa shape index (κ3) is 10.7. The van der Waals surface area contributed by atoms with Crippen LogP contribution in [-0.2, 0) is 18.0 Å². The van der Waals surface area contributed by atoms with Crippen molar-refractivity contribution in [2.75, 3.05) is 26.4 Å². The summed E-state index contributed by atoms with van der Waals surface area (Å²) >= 11 is 0. The smallest absolute Gasteiger partial charge is 0.389 e. The fourth-order valence-electron chi connectivity index (χ4n) is 2.84. The zero-order valence-electron chi connectivity index (χ0n) is 18.8. The van der Waals surface area contributed by atoms with E-state index in [1.807, 2.05) is 0 Å². The number of aliphatic hydroxyl groups is 1. The molecule has 1 rings (SSSR count). The molecule has 1 aromatic rings. The molecular formula is C21H42N2O5Si. The molecule has 0 saturated heterocycles. The minimum absolute atomic E-state index is 0.448. The van der Waals surface area contributed by atoms with Crippen LogP contribution >= 0.6 is 0 Å². The van der Waals surface area contributed by atoms with Crippen LogP contribution in [0.2, 0.25) is 6.04 Å². The summed E-state index contributed by atoms with van der Waals surface area (Å²) in [6, 6.07) is 0.723. The Bertz CT molecular complexity index is 461. The molecule has 0 bridgehead atoms. The van der Waals surface area contributed by atoms with Gasteiger partial charge < -0.3 is 27.7 Å². The van der Waals surface area contributed by atoms with Gasteiger partial charge in [-0.25, -0.2) is 4.98 Å². The molecule has 0 fully saturated rings. The van der Waals surface area contributed by atoms with E-state index in [0.717, 1.165) is 51.0 Å². The number of hydrogen-bond donors (Lipinski definition) is 1. The summed E-state index contributed by atoms with van der Waals surface area (Å²) in [7, 11) is -2.73. The van der Waals surface area contributed by atoms with E-state index in [1.165, 1.54) is 0 Å². The van der Waals surface area contributed by atoms with E-state index in [-0.39, 0.29) is 0 Å².